The Kier molecular flexibility index (Phi) is 1.54. The number of rotatable bonds is 1. The highest BCUT2D eigenvalue weighted by Gasteiger charge is 2.20. The number of nitrogens with two attached hydrogens (primary N) is 1. The molecule has 0 bridgehead atoms. The van der Waals surface area contributed by atoms with Crippen LogP contribution < -0.4 is 16.4 Å². The fourth-order valence-corrected chi connectivity index (χ4v) is 1.19. The summed E-state index contributed by atoms with van der Waals surface area (Å²) in [5, 5.41) is 7.63. The molecular weight excluding hydrogens is 174 g/mol. The molecule has 12 heavy (non-hydrogen) atoms. The largest absolute Gasteiger partial charge is 0.382 e. The van der Waals surface area contributed by atoms with Gasteiger partial charge in [0.05, 0.1) is 0 Å². The molecule has 2 heterocycles. The zero-order valence-electron chi connectivity index (χ0n) is 6.11. The van der Waals surface area contributed by atoms with Gasteiger partial charge in [0.25, 0.3) is 0 Å². The second-order valence-corrected chi connectivity index (χ2v) is 2.66. The molecule has 62 valence electrons. The molecule has 1 unspecified atom stereocenters. The number of aromatic nitrogens is 2. The van der Waals surface area contributed by atoms with Crippen LogP contribution in [0.5, 0.6) is 0 Å². The van der Waals surface area contributed by atoms with Gasteiger partial charge >= 0.3 is 0 Å². The van der Waals surface area contributed by atoms with Gasteiger partial charge in [-0.1, -0.05) is 12.2 Å². The van der Waals surface area contributed by atoms with Crippen LogP contribution in [0, 0.1) is 0 Å². The maximum atomic E-state index is 5.59. The summed E-state index contributed by atoms with van der Waals surface area (Å²) in [7, 11) is 0. The van der Waals surface area contributed by atoms with Gasteiger partial charge < -0.3 is 16.4 Å². The van der Waals surface area contributed by atoms with E-state index in [1.54, 1.807) is 5.37 Å². The van der Waals surface area contributed by atoms with E-state index >= 15 is 0 Å². The van der Waals surface area contributed by atoms with Crippen molar-refractivity contribution in [1.29, 1.82) is 0 Å². The molecule has 0 spiro atoms. The van der Waals surface area contributed by atoms with E-state index in [0.29, 0.717) is 11.6 Å². The minimum atomic E-state index is -0.0750. The fraction of sp³-hybridized carbons (Fsp3) is 0.167. The number of nitrogens with zero attached hydrogens (tertiary/aromatic N) is 2. The minimum Gasteiger partial charge on any atom is -0.382 e. The summed E-state index contributed by atoms with van der Waals surface area (Å²) in [6.07, 6.45) is 1.34. The van der Waals surface area contributed by atoms with Crippen LogP contribution in [0.4, 0.5) is 17.3 Å². The van der Waals surface area contributed by atoms with Crippen molar-refractivity contribution in [2.24, 2.45) is 0 Å². The summed E-state index contributed by atoms with van der Waals surface area (Å²) in [4.78, 5) is 7.82. The monoisotopic (exact) mass is 181 g/mol. The first kappa shape index (κ1) is 7.23. The van der Waals surface area contributed by atoms with E-state index in [1.807, 2.05) is 0 Å². The van der Waals surface area contributed by atoms with Gasteiger partial charge in [0.15, 0.2) is 11.6 Å². The number of hydrogen-bond donors (Lipinski definition) is 3. The van der Waals surface area contributed by atoms with Crippen molar-refractivity contribution in [1.82, 2.24) is 9.97 Å². The smallest absolute Gasteiger partial charge is 0.157 e. The quantitative estimate of drug-likeness (QED) is 0.538. The molecule has 0 radical (unpaired) electrons. The van der Waals surface area contributed by atoms with E-state index in [4.69, 9.17) is 18.0 Å². The van der Waals surface area contributed by atoms with E-state index in [9.17, 15) is 0 Å². The molecule has 1 aromatic heterocycles. The lowest BCUT2D eigenvalue weighted by atomic mass is 10.4. The summed E-state index contributed by atoms with van der Waals surface area (Å²) in [6, 6.07) is 0. The van der Waals surface area contributed by atoms with Crippen molar-refractivity contribution in [3.05, 3.63) is 6.33 Å². The van der Waals surface area contributed by atoms with Crippen LogP contribution in [-0.2, 0) is 0 Å². The van der Waals surface area contributed by atoms with Crippen molar-refractivity contribution in [3.63, 3.8) is 0 Å². The second kappa shape index (κ2) is 2.56. The number of anilines is 3. The third-order valence-corrected chi connectivity index (χ3v) is 1.88. The summed E-state index contributed by atoms with van der Waals surface area (Å²) < 4.78 is 0. The van der Waals surface area contributed by atoms with Crippen LogP contribution in [-0.4, -0.2) is 21.5 Å². The topological polar surface area (TPSA) is 75.9 Å². The normalized spacial score (nSPS) is 19.2. The van der Waals surface area contributed by atoms with Crippen LogP contribution in [0.2, 0.25) is 0 Å². The van der Waals surface area contributed by atoms with Crippen LogP contribution in [0.25, 0.3) is 0 Å². The number of fused-ring (bicyclic) bond motifs is 1. The first-order valence-corrected chi connectivity index (χ1v) is 3.87. The predicted molar refractivity (Wildman–Crippen MR) is 51.1 cm³/mol. The molecule has 1 aliphatic heterocycles. The van der Waals surface area contributed by atoms with Gasteiger partial charge in [-0.15, -0.1) is 0 Å². The predicted octanol–water partition coefficient (Wildman–Crippen LogP) is 0.222. The molecule has 4 N–H and O–H groups in total. The molecule has 0 aromatic carbocycles. The summed E-state index contributed by atoms with van der Waals surface area (Å²) in [5.74, 6) is 1.14. The van der Waals surface area contributed by atoms with Gasteiger partial charge in [0.2, 0.25) is 0 Å². The molecule has 0 amide bonds. The first-order valence-electron chi connectivity index (χ1n) is 3.40. The Bertz CT molecular complexity index is 326. The van der Waals surface area contributed by atoms with Crippen molar-refractivity contribution in [2.45, 2.75) is 6.17 Å². The van der Waals surface area contributed by atoms with Gasteiger partial charge in [-0.2, -0.15) is 0 Å². The van der Waals surface area contributed by atoms with Crippen molar-refractivity contribution in [3.8, 4) is 0 Å². The molecule has 1 aromatic rings. The van der Waals surface area contributed by atoms with Crippen molar-refractivity contribution in [2.75, 3.05) is 16.4 Å². The maximum Gasteiger partial charge on any atom is 0.157 e. The number of nitrogens with one attached hydrogen (secondary N) is 2. The molecule has 1 atom stereocenters. The van der Waals surface area contributed by atoms with Crippen molar-refractivity contribution >= 4 is 34.9 Å². The van der Waals surface area contributed by atoms with E-state index in [0.717, 1.165) is 5.69 Å². The van der Waals surface area contributed by atoms with E-state index in [1.165, 1.54) is 6.33 Å². The van der Waals surface area contributed by atoms with Gasteiger partial charge in [-0.3, -0.25) is 0 Å². The average Bonchev–Trinajstić information content (AvgIpc) is 2.49. The molecule has 2 rings (SSSR count). The third kappa shape index (κ3) is 0.964. The SMILES string of the molecule is Nc1ncnc2c1NC(C=S)N2. The Morgan fingerprint density at radius 2 is 2.33 bits per heavy atom. The minimum absolute atomic E-state index is 0.0750. The van der Waals surface area contributed by atoms with Crippen LogP contribution in [0.3, 0.4) is 0 Å². The number of thiocarbonyl (C=S) groups is 1. The van der Waals surface area contributed by atoms with Crippen LogP contribution >= 0.6 is 12.2 Å². The molecule has 0 aliphatic carbocycles. The lowest BCUT2D eigenvalue weighted by Crippen LogP contribution is -2.22. The van der Waals surface area contributed by atoms with Gasteiger partial charge in [0, 0.05) is 5.37 Å². The van der Waals surface area contributed by atoms with E-state index < -0.39 is 0 Å². The zero-order chi connectivity index (χ0) is 8.55. The Labute approximate surface area is 74.4 Å². The number of nitrogen functional groups attached to an aromatic ring is 1. The first-order chi connectivity index (χ1) is 5.81. The summed E-state index contributed by atoms with van der Waals surface area (Å²) in [5.41, 5.74) is 6.31. The van der Waals surface area contributed by atoms with Crippen LogP contribution in [0.15, 0.2) is 6.33 Å². The Balaban J connectivity index is 2.41. The average molecular weight is 181 g/mol. The standard InChI is InChI=1S/C6H7N5S/c7-5-4-6(9-2-8-5)11-3(1-12)10-4/h1-3,10H,(H3,7,8,9,11). The fourth-order valence-electron chi connectivity index (χ4n) is 1.06. The van der Waals surface area contributed by atoms with E-state index in [-0.39, 0.29) is 6.17 Å². The molecule has 0 saturated carbocycles. The molecule has 5 nitrogen and oxygen atoms in total. The Hall–Kier alpha value is -1.43. The lowest BCUT2D eigenvalue weighted by molar-refractivity contribution is 1.14. The highest BCUT2D eigenvalue weighted by atomic mass is 32.1. The molecule has 6 heteroatoms. The second-order valence-electron chi connectivity index (χ2n) is 2.38. The lowest BCUT2D eigenvalue weighted by Gasteiger charge is -2.02. The molecule has 0 fully saturated rings. The van der Waals surface area contributed by atoms with Gasteiger partial charge in [-0.05, 0) is 0 Å². The Morgan fingerprint density at radius 3 is 3.00 bits per heavy atom. The van der Waals surface area contributed by atoms with Gasteiger partial charge in [-0.25, -0.2) is 9.97 Å². The number of hydrogen-bond acceptors (Lipinski definition) is 6. The summed E-state index contributed by atoms with van der Waals surface area (Å²) in [6.45, 7) is 0. The molecule has 1 aliphatic rings. The molecular formula is C6H7N5S. The highest BCUT2D eigenvalue weighted by Crippen LogP contribution is 2.29. The Morgan fingerprint density at radius 1 is 1.50 bits per heavy atom. The highest BCUT2D eigenvalue weighted by molar-refractivity contribution is 7.79. The molecule has 0 saturated heterocycles. The van der Waals surface area contributed by atoms with E-state index in [2.05, 4.69) is 20.6 Å². The summed E-state index contributed by atoms with van der Waals surface area (Å²) >= 11 is 4.76. The zero-order valence-corrected chi connectivity index (χ0v) is 6.93. The van der Waals surface area contributed by atoms with Crippen molar-refractivity contribution < 1.29 is 0 Å². The van der Waals surface area contributed by atoms with Crippen LogP contribution in [0.1, 0.15) is 0 Å². The maximum absolute atomic E-state index is 5.59. The third-order valence-electron chi connectivity index (χ3n) is 1.60. The van der Waals surface area contributed by atoms with Gasteiger partial charge in [0.1, 0.15) is 18.2 Å².